The van der Waals surface area contributed by atoms with Crippen molar-refractivity contribution >= 4 is 37.5 Å². The molecule has 0 heterocycles. The van der Waals surface area contributed by atoms with E-state index in [0.29, 0.717) is 0 Å². The number of hydrogen-bond donors (Lipinski definition) is 0. The third-order valence-electron chi connectivity index (χ3n) is 3.87. The summed E-state index contributed by atoms with van der Waals surface area (Å²) in [6.45, 7) is 3.37. The van der Waals surface area contributed by atoms with Crippen LogP contribution in [-0.2, 0) is 5.33 Å². The first kappa shape index (κ1) is 14.4. The van der Waals surface area contributed by atoms with Crippen molar-refractivity contribution in [3.05, 3.63) is 28.2 Å². The molecule has 0 bridgehead atoms. The first-order valence-electron chi connectivity index (χ1n) is 6.87. The minimum Gasteiger partial charge on any atom is -0.369 e. The van der Waals surface area contributed by atoms with E-state index in [9.17, 15) is 0 Å². The number of nitrogens with zero attached hydrogens (tertiary/aromatic N) is 1. The molecule has 3 heteroatoms. The molecule has 0 spiro atoms. The van der Waals surface area contributed by atoms with Crippen LogP contribution in [0.5, 0.6) is 0 Å². The summed E-state index contributed by atoms with van der Waals surface area (Å²) >= 11 is 7.19. The van der Waals surface area contributed by atoms with Crippen LogP contribution in [0.3, 0.4) is 0 Å². The number of alkyl halides is 1. The van der Waals surface area contributed by atoms with E-state index in [1.807, 2.05) is 0 Å². The molecule has 1 saturated carbocycles. The van der Waals surface area contributed by atoms with Crippen LogP contribution in [0.4, 0.5) is 5.69 Å². The van der Waals surface area contributed by atoms with Crippen molar-refractivity contribution in [3.63, 3.8) is 0 Å². The molecule has 0 unspecified atom stereocenters. The second kappa shape index (κ2) is 6.95. The Bertz CT molecular complexity index is 386. The lowest BCUT2D eigenvalue weighted by Crippen LogP contribution is -2.36. The zero-order valence-corrected chi connectivity index (χ0v) is 14.1. The summed E-state index contributed by atoms with van der Waals surface area (Å²) in [5.74, 6) is 0. The molecule has 0 aliphatic heterocycles. The maximum Gasteiger partial charge on any atom is 0.0380 e. The van der Waals surface area contributed by atoms with Gasteiger partial charge in [-0.1, -0.05) is 57.2 Å². The summed E-state index contributed by atoms with van der Waals surface area (Å²) in [6.07, 6.45) is 6.90. The lowest BCUT2D eigenvalue weighted by molar-refractivity contribution is 0.418. The minimum absolute atomic E-state index is 0.741. The second-order valence-corrected chi connectivity index (χ2v) is 6.40. The van der Waals surface area contributed by atoms with Gasteiger partial charge in [-0.15, -0.1) is 0 Å². The van der Waals surface area contributed by atoms with Crippen molar-refractivity contribution in [1.29, 1.82) is 0 Å². The SMILES string of the molecule is CCN(c1ccc(CBr)c(Br)c1)C1CCCCC1. The summed E-state index contributed by atoms with van der Waals surface area (Å²) in [7, 11) is 0. The smallest absolute Gasteiger partial charge is 0.0380 e. The highest BCUT2D eigenvalue weighted by atomic mass is 79.9. The van der Waals surface area contributed by atoms with Crippen LogP contribution in [-0.4, -0.2) is 12.6 Å². The van der Waals surface area contributed by atoms with Crippen molar-refractivity contribution in [1.82, 2.24) is 0 Å². The number of hydrogen-bond acceptors (Lipinski definition) is 1. The van der Waals surface area contributed by atoms with E-state index in [0.717, 1.165) is 17.9 Å². The molecule has 2 rings (SSSR count). The molecule has 1 aliphatic rings. The van der Waals surface area contributed by atoms with Gasteiger partial charge in [0.25, 0.3) is 0 Å². The normalized spacial score (nSPS) is 16.8. The average molecular weight is 375 g/mol. The molecule has 18 heavy (non-hydrogen) atoms. The topological polar surface area (TPSA) is 3.24 Å². The maximum absolute atomic E-state index is 3.67. The molecule has 1 aromatic carbocycles. The summed E-state index contributed by atoms with van der Waals surface area (Å²) < 4.78 is 1.21. The van der Waals surface area contributed by atoms with Crippen LogP contribution >= 0.6 is 31.9 Å². The van der Waals surface area contributed by atoms with Gasteiger partial charge in [0.1, 0.15) is 0 Å². The molecule has 0 radical (unpaired) electrons. The zero-order chi connectivity index (χ0) is 13.0. The Hall–Kier alpha value is -0.0200. The third-order valence-corrected chi connectivity index (χ3v) is 5.21. The minimum atomic E-state index is 0.741. The van der Waals surface area contributed by atoms with Gasteiger partial charge in [-0.3, -0.25) is 0 Å². The van der Waals surface area contributed by atoms with E-state index in [1.165, 1.54) is 47.8 Å². The predicted octanol–water partition coefficient (Wildman–Crippen LogP) is 5.50. The molecule has 1 aromatic rings. The van der Waals surface area contributed by atoms with Crippen molar-refractivity contribution in [3.8, 4) is 0 Å². The number of benzene rings is 1. The van der Waals surface area contributed by atoms with Gasteiger partial charge < -0.3 is 4.90 Å². The average Bonchev–Trinajstić information content (AvgIpc) is 2.41. The molecule has 0 amide bonds. The van der Waals surface area contributed by atoms with Crippen molar-refractivity contribution < 1.29 is 0 Å². The fourth-order valence-corrected chi connectivity index (χ4v) is 4.24. The van der Waals surface area contributed by atoms with Gasteiger partial charge in [0.05, 0.1) is 0 Å². The molecule has 0 N–H and O–H groups in total. The van der Waals surface area contributed by atoms with Crippen LogP contribution < -0.4 is 4.90 Å². The van der Waals surface area contributed by atoms with Gasteiger partial charge in [0.2, 0.25) is 0 Å². The van der Waals surface area contributed by atoms with Gasteiger partial charge in [-0.2, -0.15) is 0 Å². The summed E-state index contributed by atoms with van der Waals surface area (Å²) in [6, 6.07) is 7.50. The van der Waals surface area contributed by atoms with Gasteiger partial charge in [0.15, 0.2) is 0 Å². The van der Waals surface area contributed by atoms with E-state index >= 15 is 0 Å². The van der Waals surface area contributed by atoms with Gasteiger partial charge >= 0.3 is 0 Å². The van der Waals surface area contributed by atoms with Gasteiger partial charge in [0, 0.05) is 28.1 Å². The van der Waals surface area contributed by atoms with Crippen molar-refractivity contribution in [2.45, 2.75) is 50.4 Å². The lowest BCUT2D eigenvalue weighted by atomic mass is 9.94. The number of anilines is 1. The van der Waals surface area contributed by atoms with Crippen molar-refractivity contribution in [2.75, 3.05) is 11.4 Å². The second-order valence-electron chi connectivity index (χ2n) is 4.99. The Labute approximate surface area is 127 Å². The quantitative estimate of drug-likeness (QED) is 0.628. The van der Waals surface area contributed by atoms with Crippen LogP contribution in [0.15, 0.2) is 22.7 Å². The Balaban J connectivity index is 2.18. The highest BCUT2D eigenvalue weighted by Crippen LogP contribution is 2.30. The molecule has 0 atom stereocenters. The summed E-state index contributed by atoms with van der Waals surface area (Å²) in [5, 5.41) is 0.906. The van der Waals surface area contributed by atoms with E-state index in [1.54, 1.807) is 0 Å². The fraction of sp³-hybridized carbons (Fsp3) is 0.600. The summed E-state index contributed by atoms with van der Waals surface area (Å²) in [4.78, 5) is 2.57. The molecule has 0 saturated heterocycles. The molecule has 100 valence electrons. The zero-order valence-electron chi connectivity index (χ0n) is 11.0. The van der Waals surface area contributed by atoms with Gasteiger partial charge in [-0.25, -0.2) is 0 Å². The molecule has 1 fully saturated rings. The molecule has 1 nitrogen and oxygen atoms in total. The Morgan fingerprint density at radius 2 is 1.94 bits per heavy atom. The molecule has 1 aliphatic carbocycles. The van der Waals surface area contributed by atoms with Crippen molar-refractivity contribution in [2.24, 2.45) is 0 Å². The summed E-state index contributed by atoms with van der Waals surface area (Å²) in [5.41, 5.74) is 2.68. The Kier molecular flexibility index (Phi) is 5.56. The molecular formula is C15H21Br2N. The third kappa shape index (κ3) is 3.30. The van der Waals surface area contributed by atoms with Crippen LogP contribution in [0.2, 0.25) is 0 Å². The largest absolute Gasteiger partial charge is 0.369 e. The molecular weight excluding hydrogens is 354 g/mol. The highest BCUT2D eigenvalue weighted by Gasteiger charge is 2.20. The maximum atomic E-state index is 3.67. The van der Waals surface area contributed by atoms with Crippen LogP contribution in [0.1, 0.15) is 44.6 Å². The van der Waals surface area contributed by atoms with Crippen LogP contribution in [0, 0.1) is 0 Å². The number of halogens is 2. The fourth-order valence-electron chi connectivity index (χ4n) is 2.87. The molecule has 0 aromatic heterocycles. The first-order chi connectivity index (χ1) is 8.76. The highest BCUT2D eigenvalue weighted by molar-refractivity contribution is 9.10. The predicted molar refractivity (Wildman–Crippen MR) is 86.7 cm³/mol. The van der Waals surface area contributed by atoms with E-state index in [-0.39, 0.29) is 0 Å². The van der Waals surface area contributed by atoms with E-state index in [2.05, 4.69) is 61.9 Å². The lowest BCUT2D eigenvalue weighted by Gasteiger charge is -2.35. The monoisotopic (exact) mass is 373 g/mol. The van der Waals surface area contributed by atoms with E-state index < -0.39 is 0 Å². The Morgan fingerprint density at radius 1 is 1.22 bits per heavy atom. The van der Waals surface area contributed by atoms with E-state index in [4.69, 9.17) is 0 Å². The Morgan fingerprint density at radius 3 is 2.50 bits per heavy atom. The first-order valence-corrected chi connectivity index (χ1v) is 8.78. The van der Waals surface area contributed by atoms with Crippen LogP contribution in [0.25, 0.3) is 0 Å². The standard InChI is InChI=1S/C15H21Br2N/c1-2-18(13-6-4-3-5-7-13)14-9-8-12(11-16)15(17)10-14/h8-10,13H,2-7,11H2,1H3. The van der Waals surface area contributed by atoms with Gasteiger partial charge in [-0.05, 0) is 37.5 Å². The number of rotatable bonds is 4.